The van der Waals surface area contributed by atoms with Crippen molar-refractivity contribution in [2.75, 3.05) is 11.2 Å². The molecular formula is C17H17NO5S. The zero-order chi connectivity index (χ0) is 17.7. The van der Waals surface area contributed by atoms with Gasteiger partial charge in [-0.25, -0.2) is 13.9 Å². The zero-order valence-electron chi connectivity index (χ0n) is 13.3. The molecule has 6 nitrogen and oxygen atoms in total. The summed E-state index contributed by atoms with van der Waals surface area (Å²) in [6.45, 7) is 3.12. The van der Waals surface area contributed by atoms with Gasteiger partial charge in [0.15, 0.2) is 15.6 Å². The highest BCUT2D eigenvalue weighted by atomic mass is 32.2. The number of anilines is 1. The third-order valence-electron chi connectivity index (χ3n) is 3.22. The number of carbonyl (C=O) groups excluding carboxylic acids is 2. The fourth-order valence-corrected chi connectivity index (χ4v) is 3.17. The van der Waals surface area contributed by atoms with Gasteiger partial charge in [-0.05, 0) is 31.2 Å². The topological polar surface area (TPSA) is 89.5 Å². The van der Waals surface area contributed by atoms with Gasteiger partial charge < -0.3 is 4.84 Å². The molecule has 0 heterocycles. The molecule has 0 fully saturated rings. The van der Waals surface area contributed by atoms with Crippen LogP contribution in [0.5, 0.6) is 0 Å². The van der Waals surface area contributed by atoms with E-state index < -0.39 is 27.3 Å². The number of benzene rings is 2. The summed E-state index contributed by atoms with van der Waals surface area (Å²) in [7, 11) is -3.75. The van der Waals surface area contributed by atoms with Crippen LogP contribution in [0, 0.1) is 6.92 Å². The van der Waals surface area contributed by atoms with Gasteiger partial charge in [-0.15, -0.1) is 0 Å². The van der Waals surface area contributed by atoms with E-state index in [0.29, 0.717) is 11.3 Å². The highest BCUT2D eigenvalue weighted by Crippen LogP contribution is 2.17. The summed E-state index contributed by atoms with van der Waals surface area (Å²) in [4.78, 5) is 27.5. The smallest absolute Gasteiger partial charge is 0.329 e. The van der Waals surface area contributed by atoms with Crippen LogP contribution in [0.15, 0.2) is 53.4 Å². The van der Waals surface area contributed by atoms with Crippen molar-refractivity contribution in [3.8, 4) is 0 Å². The maximum atomic E-state index is 12.3. The Morgan fingerprint density at radius 3 is 2.12 bits per heavy atom. The number of aryl methyl sites for hydroxylation is 1. The summed E-state index contributed by atoms with van der Waals surface area (Å²) in [5.41, 5.74) is 4.16. The van der Waals surface area contributed by atoms with Gasteiger partial charge in [-0.2, -0.15) is 0 Å². The molecule has 0 aromatic heterocycles. The molecule has 7 heteroatoms. The molecule has 0 saturated heterocycles. The Morgan fingerprint density at radius 2 is 1.58 bits per heavy atom. The number of hydrogen-bond acceptors (Lipinski definition) is 6. The Labute approximate surface area is 140 Å². The van der Waals surface area contributed by atoms with Crippen LogP contribution in [0.3, 0.4) is 0 Å². The van der Waals surface area contributed by atoms with Gasteiger partial charge >= 0.3 is 5.97 Å². The number of carbonyl (C=O) groups is 2. The van der Waals surface area contributed by atoms with E-state index in [9.17, 15) is 18.0 Å². The summed E-state index contributed by atoms with van der Waals surface area (Å²) in [5, 5.41) is 0. The molecular weight excluding hydrogens is 330 g/mol. The molecule has 0 amide bonds. The minimum absolute atomic E-state index is 0.0244. The fraction of sp³-hybridized carbons (Fsp3) is 0.176. The lowest BCUT2D eigenvalue weighted by Crippen LogP contribution is -2.16. The standard InChI is InChI=1S/C17H17NO5S/c1-12-3-5-14(6-4-12)17(20)11-24(21,22)16-9-7-15(8-10-16)18-23-13(2)19/h3-10,18H,11H2,1-2H3. The number of rotatable bonds is 6. The van der Waals surface area contributed by atoms with Gasteiger partial charge in [0.05, 0.1) is 10.6 Å². The second kappa shape index (κ2) is 7.27. The normalized spacial score (nSPS) is 10.9. The van der Waals surface area contributed by atoms with Crippen LogP contribution in [-0.4, -0.2) is 25.9 Å². The van der Waals surface area contributed by atoms with Crippen molar-refractivity contribution < 1.29 is 22.8 Å². The predicted molar refractivity (Wildman–Crippen MR) is 89.4 cm³/mol. The van der Waals surface area contributed by atoms with Crippen LogP contribution < -0.4 is 5.48 Å². The zero-order valence-corrected chi connectivity index (χ0v) is 14.1. The number of Topliss-reactive ketones (excluding diaryl/α,β-unsaturated/α-hetero) is 1. The minimum Gasteiger partial charge on any atom is -0.344 e. The molecule has 2 aromatic rings. The molecule has 0 saturated carbocycles. The monoisotopic (exact) mass is 347 g/mol. The highest BCUT2D eigenvalue weighted by molar-refractivity contribution is 7.92. The Bertz CT molecular complexity index is 840. The predicted octanol–water partition coefficient (Wildman–Crippen LogP) is 2.54. The largest absolute Gasteiger partial charge is 0.344 e. The van der Waals surface area contributed by atoms with Crippen molar-refractivity contribution in [2.24, 2.45) is 0 Å². The molecule has 0 radical (unpaired) electrons. The van der Waals surface area contributed by atoms with Crippen molar-refractivity contribution in [2.45, 2.75) is 18.7 Å². The third kappa shape index (κ3) is 4.66. The lowest BCUT2D eigenvalue weighted by molar-refractivity contribution is -0.138. The van der Waals surface area contributed by atoms with Crippen molar-refractivity contribution in [3.63, 3.8) is 0 Å². The van der Waals surface area contributed by atoms with Crippen LogP contribution >= 0.6 is 0 Å². The number of ketones is 1. The van der Waals surface area contributed by atoms with E-state index in [1.54, 1.807) is 24.3 Å². The minimum atomic E-state index is -3.75. The SMILES string of the molecule is CC(=O)ONc1ccc(S(=O)(=O)CC(=O)c2ccc(C)cc2)cc1. The van der Waals surface area contributed by atoms with E-state index in [4.69, 9.17) is 0 Å². The van der Waals surface area contributed by atoms with Crippen molar-refractivity contribution in [1.29, 1.82) is 0 Å². The quantitative estimate of drug-likeness (QED) is 0.638. The molecule has 2 aromatic carbocycles. The van der Waals surface area contributed by atoms with Gasteiger partial charge in [-0.3, -0.25) is 9.59 Å². The first kappa shape index (κ1) is 17.7. The molecule has 0 aliphatic rings. The Balaban J connectivity index is 2.10. The van der Waals surface area contributed by atoms with Crippen molar-refractivity contribution in [3.05, 3.63) is 59.7 Å². The number of hydrogen-bond donors (Lipinski definition) is 1. The van der Waals surface area contributed by atoms with E-state index in [0.717, 1.165) is 5.56 Å². The van der Waals surface area contributed by atoms with Crippen molar-refractivity contribution >= 4 is 27.3 Å². The number of nitrogens with one attached hydrogen (secondary N) is 1. The Kier molecular flexibility index (Phi) is 5.35. The molecule has 0 aliphatic heterocycles. The fourth-order valence-electron chi connectivity index (χ4n) is 1.94. The maximum absolute atomic E-state index is 12.3. The van der Waals surface area contributed by atoms with Gasteiger partial charge in [0.1, 0.15) is 5.75 Å². The average molecular weight is 347 g/mol. The first-order valence-electron chi connectivity index (χ1n) is 7.14. The van der Waals surface area contributed by atoms with Gasteiger partial charge in [0, 0.05) is 12.5 Å². The van der Waals surface area contributed by atoms with Gasteiger partial charge in [0.2, 0.25) is 0 Å². The lowest BCUT2D eigenvalue weighted by atomic mass is 10.1. The Morgan fingerprint density at radius 1 is 1.00 bits per heavy atom. The first-order chi connectivity index (χ1) is 11.3. The number of sulfone groups is 1. The van der Waals surface area contributed by atoms with Gasteiger partial charge in [-0.1, -0.05) is 29.8 Å². The maximum Gasteiger partial charge on any atom is 0.329 e. The average Bonchev–Trinajstić information content (AvgIpc) is 2.53. The molecule has 0 spiro atoms. The summed E-state index contributed by atoms with van der Waals surface area (Å²) in [5.74, 6) is -1.58. The van der Waals surface area contributed by atoms with E-state index in [1.807, 2.05) is 6.92 Å². The molecule has 2 rings (SSSR count). The molecule has 126 valence electrons. The van der Waals surface area contributed by atoms with Crippen LogP contribution in [0.25, 0.3) is 0 Å². The van der Waals surface area contributed by atoms with E-state index >= 15 is 0 Å². The summed E-state index contributed by atoms with van der Waals surface area (Å²) >= 11 is 0. The van der Waals surface area contributed by atoms with Gasteiger partial charge in [0.25, 0.3) is 0 Å². The molecule has 0 aliphatic carbocycles. The molecule has 24 heavy (non-hydrogen) atoms. The third-order valence-corrected chi connectivity index (χ3v) is 4.85. The van der Waals surface area contributed by atoms with Crippen molar-refractivity contribution in [1.82, 2.24) is 0 Å². The van der Waals surface area contributed by atoms with E-state index in [2.05, 4.69) is 10.3 Å². The lowest BCUT2D eigenvalue weighted by Gasteiger charge is -2.07. The molecule has 1 N–H and O–H groups in total. The van der Waals surface area contributed by atoms with E-state index in [-0.39, 0.29) is 4.90 Å². The molecule has 0 unspecified atom stereocenters. The summed E-state index contributed by atoms with van der Waals surface area (Å²) < 4.78 is 24.7. The highest BCUT2D eigenvalue weighted by Gasteiger charge is 2.20. The summed E-state index contributed by atoms with van der Waals surface area (Å²) in [6.07, 6.45) is 0. The van der Waals surface area contributed by atoms with Crippen LogP contribution in [-0.2, 0) is 19.5 Å². The first-order valence-corrected chi connectivity index (χ1v) is 8.79. The second-order valence-electron chi connectivity index (χ2n) is 5.27. The molecule has 0 bridgehead atoms. The second-order valence-corrected chi connectivity index (χ2v) is 7.26. The van der Waals surface area contributed by atoms with Crippen LogP contribution in [0.2, 0.25) is 0 Å². The summed E-state index contributed by atoms with van der Waals surface area (Å²) in [6, 6.07) is 12.3. The van der Waals surface area contributed by atoms with E-state index in [1.165, 1.54) is 31.2 Å². The van der Waals surface area contributed by atoms with Crippen LogP contribution in [0.1, 0.15) is 22.8 Å². The van der Waals surface area contributed by atoms with Crippen LogP contribution in [0.4, 0.5) is 5.69 Å². The Hall–Kier alpha value is -2.67. The molecule has 0 atom stereocenters.